The Morgan fingerprint density at radius 3 is 2.53 bits per heavy atom. The van der Waals surface area contributed by atoms with Gasteiger partial charge in [0.25, 0.3) is 0 Å². The molecule has 17 heavy (non-hydrogen) atoms. The van der Waals surface area contributed by atoms with Gasteiger partial charge in [0.05, 0.1) is 6.42 Å². The first-order chi connectivity index (χ1) is 8.16. The third kappa shape index (κ3) is 2.91. The Balaban J connectivity index is 2.09. The maximum absolute atomic E-state index is 11.9. The van der Waals surface area contributed by atoms with E-state index in [0.717, 1.165) is 16.3 Å². The van der Waals surface area contributed by atoms with E-state index in [-0.39, 0.29) is 5.78 Å². The third-order valence-electron chi connectivity index (χ3n) is 2.50. The molecule has 2 aromatic rings. The van der Waals surface area contributed by atoms with E-state index in [1.165, 1.54) is 11.3 Å². The highest BCUT2D eigenvalue weighted by atomic mass is 32.1. The lowest BCUT2D eigenvalue weighted by atomic mass is 10.1. The number of rotatable bonds is 4. The Morgan fingerprint density at radius 2 is 2.00 bits per heavy atom. The first-order valence-corrected chi connectivity index (χ1v) is 6.24. The van der Waals surface area contributed by atoms with E-state index >= 15 is 0 Å². The van der Waals surface area contributed by atoms with Gasteiger partial charge in [0, 0.05) is 36.9 Å². The minimum Gasteiger partial charge on any atom is -0.378 e. The summed E-state index contributed by atoms with van der Waals surface area (Å²) < 4.78 is 0. The van der Waals surface area contributed by atoms with Gasteiger partial charge in [0.1, 0.15) is 5.01 Å². The molecule has 2 rings (SSSR count). The van der Waals surface area contributed by atoms with Gasteiger partial charge in [-0.3, -0.25) is 4.79 Å². The molecule has 0 N–H and O–H groups in total. The topological polar surface area (TPSA) is 33.2 Å². The zero-order chi connectivity index (χ0) is 12.3. The fourth-order valence-corrected chi connectivity index (χ4v) is 2.14. The summed E-state index contributed by atoms with van der Waals surface area (Å²) in [5.41, 5.74) is 1.83. The van der Waals surface area contributed by atoms with Crippen molar-refractivity contribution in [2.75, 3.05) is 19.0 Å². The van der Waals surface area contributed by atoms with Crippen molar-refractivity contribution in [3.63, 3.8) is 0 Å². The smallest absolute Gasteiger partial charge is 0.169 e. The van der Waals surface area contributed by atoms with E-state index in [1.807, 2.05) is 48.6 Å². The maximum atomic E-state index is 11.9. The largest absolute Gasteiger partial charge is 0.378 e. The number of nitrogens with zero attached hydrogens (tertiary/aromatic N) is 2. The summed E-state index contributed by atoms with van der Waals surface area (Å²) in [6.45, 7) is 0. The molecule has 4 heteroatoms. The second-order valence-electron chi connectivity index (χ2n) is 3.97. The Hall–Kier alpha value is -1.68. The van der Waals surface area contributed by atoms with Gasteiger partial charge in [-0.2, -0.15) is 0 Å². The highest BCUT2D eigenvalue weighted by molar-refractivity contribution is 7.09. The maximum Gasteiger partial charge on any atom is 0.169 e. The minimum atomic E-state index is 0.116. The summed E-state index contributed by atoms with van der Waals surface area (Å²) >= 11 is 1.51. The molecule has 3 nitrogen and oxygen atoms in total. The third-order valence-corrected chi connectivity index (χ3v) is 3.28. The number of thiazole rings is 1. The molecular weight excluding hydrogens is 232 g/mol. The highest BCUT2D eigenvalue weighted by Gasteiger charge is 2.08. The average Bonchev–Trinajstić information content (AvgIpc) is 2.82. The van der Waals surface area contributed by atoms with Gasteiger partial charge in [-0.05, 0) is 24.3 Å². The van der Waals surface area contributed by atoms with E-state index < -0.39 is 0 Å². The summed E-state index contributed by atoms with van der Waals surface area (Å²) in [4.78, 5) is 18.1. The molecule has 0 amide bonds. The van der Waals surface area contributed by atoms with Gasteiger partial charge < -0.3 is 4.90 Å². The number of hydrogen-bond acceptors (Lipinski definition) is 4. The van der Waals surface area contributed by atoms with Crippen molar-refractivity contribution >= 4 is 22.8 Å². The standard InChI is InChI=1S/C13H14N2OS/c1-15(2)11-5-3-10(4-6-11)12(16)9-13-14-7-8-17-13/h3-8H,9H2,1-2H3. The molecule has 0 saturated carbocycles. The van der Waals surface area contributed by atoms with Crippen molar-refractivity contribution in [2.24, 2.45) is 0 Å². The Morgan fingerprint density at radius 1 is 1.29 bits per heavy atom. The summed E-state index contributed by atoms with van der Waals surface area (Å²) in [6, 6.07) is 7.64. The summed E-state index contributed by atoms with van der Waals surface area (Å²) in [7, 11) is 3.96. The zero-order valence-corrected chi connectivity index (χ0v) is 10.7. The van der Waals surface area contributed by atoms with E-state index in [9.17, 15) is 4.79 Å². The van der Waals surface area contributed by atoms with Gasteiger partial charge in [0.15, 0.2) is 5.78 Å². The van der Waals surface area contributed by atoms with Crippen LogP contribution in [-0.4, -0.2) is 24.9 Å². The van der Waals surface area contributed by atoms with Gasteiger partial charge in [-0.25, -0.2) is 4.98 Å². The van der Waals surface area contributed by atoms with Crippen molar-refractivity contribution in [3.05, 3.63) is 46.4 Å². The molecule has 0 fully saturated rings. The van der Waals surface area contributed by atoms with Crippen molar-refractivity contribution in [1.29, 1.82) is 0 Å². The SMILES string of the molecule is CN(C)c1ccc(C(=O)Cc2nccs2)cc1. The van der Waals surface area contributed by atoms with Crippen LogP contribution in [0, 0.1) is 0 Å². The lowest BCUT2D eigenvalue weighted by molar-refractivity contribution is 0.0993. The molecule has 0 saturated heterocycles. The van der Waals surface area contributed by atoms with Crippen LogP contribution in [0.15, 0.2) is 35.8 Å². The minimum absolute atomic E-state index is 0.116. The molecule has 0 atom stereocenters. The number of benzene rings is 1. The second-order valence-corrected chi connectivity index (χ2v) is 4.95. The number of ketones is 1. The van der Waals surface area contributed by atoms with E-state index in [2.05, 4.69) is 4.98 Å². The quantitative estimate of drug-likeness (QED) is 0.778. The van der Waals surface area contributed by atoms with Gasteiger partial charge >= 0.3 is 0 Å². The van der Waals surface area contributed by atoms with E-state index in [1.54, 1.807) is 6.20 Å². The highest BCUT2D eigenvalue weighted by Crippen LogP contribution is 2.14. The molecule has 0 aliphatic heterocycles. The van der Waals surface area contributed by atoms with Crippen LogP contribution in [0.2, 0.25) is 0 Å². The van der Waals surface area contributed by atoms with Crippen LogP contribution in [0.4, 0.5) is 5.69 Å². The molecular formula is C13H14N2OS. The fourth-order valence-electron chi connectivity index (χ4n) is 1.53. The van der Waals surface area contributed by atoms with E-state index in [4.69, 9.17) is 0 Å². The van der Waals surface area contributed by atoms with E-state index in [0.29, 0.717) is 6.42 Å². The van der Waals surface area contributed by atoms with Gasteiger partial charge in [-0.15, -0.1) is 11.3 Å². The van der Waals surface area contributed by atoms with Crippen LogP contribution in [-0.2, 0) is 6.42 Å². The summed E-state index contributed by atoms with van der Waals surface area (Å²) in [5, 5.41) is 2.75. The van der Waals surface area contributed by atoms with Crippen molar-refractivity contribution in [1.82, 2.24) is 4.98 Å². The normalized spacial score (nSPS) is 10.2. The molecule has 88 valence electrons. The second kappa shape index (κ2) is 5.10. The van der Waals surface area contributed by atoms with Crippen LogP contribution < -0.4 is 4.90 Å². The molecule has 1 aromatic carbocycles. The number of carbonyl (C=O) groups excluding carboxylic acids is 1. The molecule has 0 radical (unpaired) electrons. The van der Waals surface area contributed by atoms with Crippen LogP contribution in [0.5, 0.6) is 0 Å². The molecule has 1 aromatic heterocycles. The van der Waals surface area contributed by atoms with Crippen LogP contribution in [0.1, 0.15) is 15.4 Å². The number of hydrogen-bond donors (Lipinski definition) is 0. The molecule has 0 aliphatic rings. The molecule has 0 bridgehead atoms. The summed E-state index contributed by atoms with van der Waals surface area (Å²) in [5.74, 6) is 0.116. The van der Waals surface area contributed by atoms with Crippen LogP contribution in [0.3, 0.4) is 0 Å². The number of anilines is 1. The predicted molar refractivity (Wildman–Crippen MR) is 70.9 cm³/mol. The van der Waals surface area contributed by atoms with Gasteiger partial charge in [-0.1, -0.05) is 0 Å². The average molecular weight is 246 g/mol. The summed E-state index contributed by atoms with van der Waals surface area (Å²) in [6.07, 6.45) is 2.11. The number of carbonyl (C=O) groups is 1. The van der Waals surface area contributed by atoms with Crippen molar-refractivity contribution in [2.45, 2.75) is 6.42 Å². The lowest BCUT2D eigenvalue weighted by Crippen LogP contribution is -2.09. The number of aromatic nitrogens is 1. The zero-order valence-electron chi connectivity index (χ0n) is 9.88. The van der Waals surface area contributed by atoms with Crippen molar-refractivity contribution < 1.29 is 4.79 Å². The Kier molecular flexibility index (Phi) is 3.54. The molecule has 0 unspecified atom stereocenters. The molecule has 0 aliphatic carbocycles. The lowest BCUT2D eigenvalue weighted by Gasteiger charge is -2.12. The van der Waals surface area contributed by atoms with Gasteiger partial charge in [0.2, 0.25) is 0 Å². The Bertz CT molecular complexity index is 489. The van der Waals surface area contributed by atoms with Crippen LogP contribution >= 0.6 is 11.3 Å². The van der Waals surface area contributed by atoms with Crippen molar-refractivity contribution in [3.8, 4) is 0 Å². The molecule has 1 heterocycles. The van der Waals surface area contributed by atoms with Crippen LogP contribution in [0.25, 0.3) is 0 Å². The fraction of sp³-hybridized carbons (Fsp3) is 0.231. The Labute approximate surface area is 105 Å². The monoisotopic (exact) mass is 246 g/mol. The molecule has 0 spiro atoms. The first kappa shape index (κ1) is 11.8. The predicted octanol–water partition coefficient (Wildman–Crippen LogP) is 2.63. The number of Topliss-reactive ketones (excluding diaryl/α,β-unsaturated/α-hetero) is 1. The first-order valence-electron chi connectivity index (χ1n) is 5.36.